The molecule has 1 aliphatic carbocycles. The summed E-state index contributed by atoms with van der Waals surface area (Å²) < 4.78 is 1.73. The molecule has 0 saturated heterocycles. The second-order valence-corrected chi connectivity index (χ2v) is 6.59. The Balaban J connectivity index is 1.45. The number of carbonyl (C=O) groups is 1. The van der Waals surface area contributed by atoms with E-state index in [1.807, 2.05) is 19.9 Å². The van der Waals surface area contributed by atoms with Crippen molar-refractivity contribution in [3.05, 3.63) is 58.7 Å². The molecule has 0 aliphatic heterocycles. The van der Waals surface area contributed by atoms with Gasteiger partial charge >= 0.3 is 0 Å². The minimum absolute atomic E-state index is 0.0826. The van der Waals surface area contributed by atoms with Crippen molar-refractivity contribution in [1.29, 1.82) is 0 Å². The second kappa shape index (κ2) is 6.27. The Kier molecular flexibility index (Phi) is 3.95. The van der Waals surface area contributed by atoms with Gasteiger partial charge in [0, 0.05) is 17.8 Å². The van der Waals surface area contributed by atoms with Gasteiger partial charge in [0.1, 0.15) is 6.33 Å². The lowest BCUT2D eigenvalue weighted by Crippen LogP contribution is -2.27. The molecule has 2 aromatic heterocycles. The quantitative estimate of drug-likeness (QED) is 0.795. The molecule has 0 fully saturated rings. The number of fused-ring (bicyclic) bond motifs is 2. The topological polar surface area (TPSA) is 72.2 Å². The molecule has 3 aromatic rings. The molecule has 25 heavy (non-hydrogen) atoms. The van der Waals surface area contributed by atoms with Crippen LogP contribution >= 0.6 is 0 Å². The molecule has 4 rings (SSSR count). The fourth-order valence-corrected chi connectivity index (χ4v) is 3.73. The number of rotatable bonds is 4. The van der Waals surface area contributed by atoms with E-state index < -0.39 is 0 Å². The highest BCUT2D eigenvalue weighted by molar-refractivity contribution is 5.77. The van der Waals surface area contributed by atoms with Crippen LogP contribution in [-0.4, -0.2) is 25.5 Å². The highest BCUT2D eigenvalue weighted by Gasteiger charge is 2.23. The predicted molar refractivity (Wildman–Crippen MR) is 94.2 cm³/mol. The first-order valence-electron chi connectivity index (χ1n) is 8.66. The number of benzene rings is 1. The van der Waals surface area contributed by atoms with E-state index in [0.717, 1.165) is 29.8 Å². The van der Waals surface area contributed by atoms with Crippen molar-refractivity contribution in [3.8, 4) is 0 Å². The van der Waals surface area contributed by atoms with Gasteiger partial charge in [-0.25, -0.2) is 9.50 Å². The van der Waals surface area contributed by atoms with Crippen LogP contribution < -0.4 is 5.32 Å². The largest absolute Gasteiger partial charge is 0.349 e. The molecule has 2 heterocycles. The fraction of sp³-hybridized carbons (Fsp3) is 0.368. The smallest absolute Gasteiger partial charge is 0.252 e. The number of hydrogen-bond acceptors (Lipinski definition) is 4. The molecular weight excluding hydrogens is 314 g/mol. The lowest BCUT2D eigenvalue weighted by Gasteiger charge is -2.15. The molecule has 128 valence electrons. The maximum Gasteiger partial charge on any atom is 0.252 e. The SMILES string of the molecule is Cc1nc2ncnn2c(C)c1CCC(=O)NC1CCc2ccccc21. The standard InChI is InChI=1S/C19H21N5O/c1-12-15(13(2)24-19(22-12)20-11-21-24)8-10-18(25)23-17-9-7-14-5-3-4-6-16(14)17/h3-6,11,17H,7-10H2,1-2H3,(H,23,25). The maximum absolute atomic E-state index is 12.5. The van der Waals surface area contributed by atoms with Crippen molar-refractivity contribution in [2.45, 2.75) is 45.6 Å². The average molecular weight is 335 g/mol. The zero-order chi connectivity index (χ0) is 17.4. The van der Waals surface area contributed by atoms with Crippen molar-refractivity contribution in [2.24, 2.45) is 0 Å². The van der Waals surface area contributed by atoms with Crippen LogP contribution in [0.25, 0.3) is 5.78 Å². The third kappa shape index (κ3) is 2.88. The maximum atomic E-state index is 12.5. The first-order chi connectivity index (χ1) is 12.1. The number of aryl methyl sites for hydroxylation is 3. The van der Waals surface area contributed by atoms with Crippen molar-refractivity contribution < 1.29 is 4.79 Å². The normalized spacial score (nSPS) is 16.2. The van der Waals surface area contributed by atoms with Crippen LogP contribution in [0.3, 0.4) is 0 Å². The molecule has 1 unspecified atom stereocenters. The van der Waals surface area contributed by atoms with Crippen molar-refractivity contribution in [3.63, 3.8) is 0 Å². The minimum Gasteiger partial charge on any atom is -0.349 e. The van der Waals surface area contributed by atoms with E-state index in [2.05, 4.69) is 38.6 Å². The van der Waals surface area contributed by atoms with Crippen LogP contribution in [0.4, 0.5) is 0 Å². The number of aromatic nitrogens is 4. The van der Waals surface area contributed by atoms with Crippen LogP contribution in [0.1, 0.15) is 47.0 Å². The molecule has 1 aromatic carbocycles. The zero-order valence-corrected chi connectivity index (χ0v) is 14.5. The molecule has 0 spiro atoms. The molecule has 1 N–H and O–H groups in total. The van der Waals surface area contributed by atoms with Crippen LogP contribution in [0.2, 0.25) is 0 Å². The zero-order valence-electron chi connectivity index (χ0n) is 14.5. The van der Waals surface area contributed by atoms with E-state index in [1.54, 1.807) is 4.52 Å². The summed E-state index contributed by atoms with van der Waals surface area (Å²) in [5.41, 5.74) is 5.59. The summed E-state index contributed by atoms with van der Waals surface area (Å²) in [7, 11) is 0. The Morgan fingerprint density at radius 2 is 2.16 bits per heavy atom. The first kappa shape index (κ1) is 15.7. The predicted octanol–water partition coefficient (Wildman–Crippen LogP) is 2.48. The van der Waals surface area contributed by atoms with Gasteiger partial charge in [-0.3, -0.25) is 4.79 Å². The molecular formula is C19H21N5O. The average Bonchev–Trinajstić information content (AvgIpc) is 3.22. The highest BCUT2D eigenvalue weighted by atomic mass is 16.1. The van der Waals surface area contributed by atoms with Gasteiger partial charge in [-0.1, -0.05) is 24.3 Å². The van der Waals surface area contributed by atoms with Gasteiger partial charge in [-0.2, -0.15) is 10.1 Å². The number of hydrogen-bond donors (Lipinski definition) is 1. The van der Waals surface area contributed by atoms with Crippen LogP contribution in [0, 0.1) is 13.8 Å². The number of carbonyl (C=O) groups excluding carboxylic acids is 1. The number of amides is 1. The summed E-state index contributed by atoms with van der Waals surface area (Å²) in [6.07, 6.45) is 4.62. The summed E-state index contributed by atoms with van der Waals surface area (Å²) in [5, 5.41) is 7.38. The van der Waals surface area contributed by atoms with Crippen LogP contribution in [-0.2, 0) is 17.6 Å². The van der Waals surface area contributed by atoms with E-state index in [4.69, 9.17) is 0 Å². The summed E-state index contributed by atoms with van der Waals surface area (Å²) in [5.74, 6) is 0.685. The Labute approximate surface area is 146 Å². The van der Waals surface area contributed by atoms with Gasteiger partial charge in [0.05, 0.1) is 6.04 Å². The van der Waals surface area contributed by atoms with Gasteiger partial charge in [0.15, 0.2) is 0 Å². The summed E-state index contributed by atoms with van der Waals surface area (Å²) in [6.45, 7) is 3.96. The van der Waals surface area contributed by atoms with E-state index in [1.165, 1.54) is 17.5 Å². The third-order valence-electron chi connectivity index (χ3n) is 5.06. The van der Waals surface area contributed by atoms with Crippen molar-refractivity contribution in [2.75, 3.05) is 0 Å². The molecule has 1 atom stereocenters. The van der Waals surface area contributed by atoms with Crippen molar-refractivity contribution >= 4 is 11.7 Å². The number of nitrogens with zero attached hydrogens (tertiary/aromatic N) is 4. The lowest BCUT2D eigenvalue weighted by atomic mass is 10.1. The van der Waals surface area contributed by atoms with E-state index in [0.29, 0.717) is 18.6 Å². The number of nitrogens with one attached hydrogen (secondary N) is 1. The highest BCUT2D eigenvalue weighted by Crippen LogP contribution is 2.30. The Morgan fingerprint density at radius 3 is 3.04 bits per heavy atom. The Morgan fingerprint density at radius 1 is 1.32 bits per heavy atom. The Hall–Kier alpha value is -2.76. The molecule has 1 aliphatic rings. The van der Waals surface area contributed by atoms with Gasteiger partial charge in [0.25, 0.3) is 5.78 Å². The van der Waals surface area contributed by atoms with Gasteiger partial charge in [-0.05, 0) is 49.8 Å². The molecule has 0 radical (unpaired) electrons. The molecule has 0 saturated carbocycles. The van der Waals surface area contributed by atoms with Gasteiger partial charge < -0.3 is 5.32 Å². The van der Waals surface area contributed by atoms with E-state index >= 15 is 0 Å². The third-order valence-corrected chi connectivity index (χ3v) is 5.06. The summed E-state index contributed by atoms with van der Waals surface area (Å²) in [4.78, 5) is 21.0. The molecule has 1 amide bonds. The van der Waals surface area contributed by atoms with E-state index in [-0.39, 0.29) is 11.9 Å². The summed E-state index contributed by atoms with van der Waals surface area (Å²) in [6, 6.07) is 8.50. The van der Waals surface area contributed by atoms with Crippen molar-refractivity contribution in [1.82, 2.24) is 24.9 Å². The minimum atomic E-state index is 0.0826. The monoisotopic (exact) mass is 335 g/mol. The summed E-state index contributed by atoms with van der Waals surface area (Å²) >= 11 is 0. The van der Waals surface area contributed by atoms with Gasteiger partial charge in [-0.15, -0.1) is 0 Å². The van der Waals surface area contributed by atoms with Gasteiger partial charge in [0.2, 0.25) is 5.91 Å². The second-order valence-electron chi connectivity index (χ2n) is 6.59. The molecule has 0 bridgehead atoms. The Bertz CT molecular complexity index is 946. The fourth-order valence-electron chi connectivity index (χ4n) is 3.73. The molecule has 6 heteroatoms. The van der Waals surface area contributed by atoms with Crippen LogP contribution in [0.5, 0.6) is 0 Å². The molecule has 6 nitrogen and oxygen atoms in total. The van der Waals surface area contributed by atoms with Crippen LogP contribution in [0.15, 0.2) is 30.6 Å². The first-order valence-corrected chi connectivity index (χ1v) is 8.66. The van der Waals surface area contributed by atoms with E-state index in [9.17, 15) is 4.79 Å². The lowest BCUT2D eigenvalue weighted by molar-refractivity contribution is -0.121.